The zero-order valence-corrected chi connectivity index (χ0v) is 13.1. The first kappa shape index (κ1) is 15.9. The van der Waals surface area contributed by atoms with Gasteiger partial charge < -0.3 is 10.2 Å². The van der Waals surface area contributed by atoms with Crippen LogP contribution in [-0.2, 0) is 13.1 Å². The van der Waals surface area contributed by atoms with Gasteiger partial charge in [-0.15, -0.1) is 0 Å². The van der Waals surface area contributed by atoms with E-state index in [-0.39, 0.29) is 6.04 Å². The standard InChI is InChI=1S/C20H23NO2/c22-19-13-7-12-18(20(19)23)21(14-16-8-3-1-4-9-16)15-17-10-5-2-6-11-17/h1-11,13,18-20,22-23H,12,14-15H2/t18-,19+,20-/m1/s1. The van der Waals surface area contributed by atoms with Gasteiger partial charge in [0.05, 0.1) is 12.2 Å². The lowest BCUT2D eigenvalue weighted by Gasteiger charge is -2.37. The van der Waals surface area contributed by atoms with Crippen molar-refractivity contribution in [2.24, 2.45) is 0 Å². The van der Waals surface area contributed by atoms with E-state index in [0.717, 1.165) is 19.5 Å². The van der Waals surface area contributed by atoms with Gasteiger partial charge in [0, 0.05) is 19.1 Å². The Kier molecular flexibility index (Phi) is 5.23. The molecule has 1 aliphatic rings. The van der Waals surface area contributed by atoms with Gasteiger partial charge in [0.15, 0.2) is 0 Å². The average molecular weight is 309 g/mol. The molecule has 2 N–H and O–H groups in total. The number of benzene rings is 2. The Hall–Kier alpha value is -1.94. The van der Waals surface area contributed by atoms with Crippen LogP contribution in [0.15, 0.2) is 72.8 Å². The molecule has 2 aromatic carbocycles. The third-order valence-electron chi connectivity index (χ3n) is 4.38. The summed E-state index contributed by atoms with van der Waals surface area (Å²) >= 11 is 0. The Balaban J connectivity index is 1.82. The van der Waals surface area contributed by atoms with Crippen molar-refractivity contribution in [1.29, 1.82) is 0 Å². The predicted molar refractivity (Wildman–Crippen MR) is 91.7 cm³/mol. The molecular weight excluding hydrogens is 286 g/mol. The molecule has 2 aromatic rings. The van der Waals surface area contributed by atoms with E-state index in [1.54, 1.807) is 6.08 Å². The normalized spacial score (nSPS) is 24.0. The maximum atomic E-state index is 10.4. The third-order valence-corrected chi connectivity index (χ3v) is 4.38. The first-order valence-electron chi connectivity index (χ1n) is 8.09. The number of hydrogen-bond acceptors (Lipinski definition) is 3. The van der Waals surface area contributed by atoms with Crippen LogP contribution in [0.25, 0.3) is 0 Å². The van der Waals surface area contributed by atoms with Gasteiger partial charge in [0.25, 0.3) is 0 Å². The van der Waals surface area contributed by atoms with Crippen LogP contribution >= 0.6 is 0 Å². The molecule has 3 atom stereocenters. The van der Waals surface area contributed by atoms with E-state index in [1.165, 1.54) is 11.1 Å². The van der Waals surface area contributed by atoms with Gasteiger partial charge in [-0.25, -0.2) is 0 Å². The Morgan fingerprint density at radius 3 is 1.87 bits per heavy atom. The molecule has 0 spiro atoms. The molecule has 0 radical (unpaired) electrons. The van der Waals surface area contributed by atoms with Gasteiger partial charge >= 0.3 is 0 Å². The van der Waals surface area contributed by atoms with Crippen LogP contribution in [0.2, 0.25) is 0 Å². The molecule has 0 saturated heterocycles. The van der Waals surface area contributed by atoms with Gasteiger partial charge in [-0.2, -0.15) is 0 Å². The Morgan fingerprint density at radius 2 is 1.35 bits per heavy atom. The monoisotopic (exact) mass is 309 g/mol. The predicted octanol–water partition coefficient (Wildman–Crippen LogP) is 2.74. The van der Waals surface area contributed by atoms with Crippen LogP contribution in [-0.4, -0.2) is 33.4 Å². The van der Waals surface area contributed by atoms with E-state index in [4.69, 9.17) is 0 Å². The van der Waals surface area contributed by atoms with Gasteiger partial charge in [-0.05, 0) is 17.5 Å². The summed E-state index contributed by atoms with van der Waals surface area (Å²) in [5, 5.41) is 20.4. The SMILES string of the molecule is O[C@@H]1[C@H](N(Cc2ccccc2)Cc2ccccc2)CC=C[C@@H]1O. The highest BCUT2D eigenvalue weighted by Crippen LogP contribution is 2.23. The first-order chi connectivity index (χ1) is 11.2. The van der Waals surface area contributed by atoms with Crippen LogP contribution in [0.4, 0.5) is 0 Å². The molecule has 3 nitrogen and oxygen atoms in total. The number of aliphatic hydroxyl groups is 2. The Labute approximate surface area is 137 Å². The highest BCUT2D eigenvalue weighted by atomic mass is 16.3. The fourth-order valence-electron chi connectivity index (χ4n) is 3.13. The van der Waals surface area contributed by atoms with Crippen molar-refractivity contribution in [2.45, 2.75) is 37.8 Å². The average Bonchev–Trinajstić information content (AvgIpc) is 2.59. The van der Waals surface area contributed by atoms with Gasteiger partial charge in [0.2, 0.25) is 0 Å². The largest absolute Gasteiger partial charge is 0.388 e. The minimum absolute atomic E-state index is 0.0876. The second kappa shape index (κ2) is 7.55. The van der Waals surface area contributed by atoms with Crippen molar-refractivity contribution in [1.82, 2.24) is 4.90 Å². The van der Waals surface area contributed by atoms with Crippen molar-refractivity contribution >= 4 is 0 Å². The lowest BCUT2D eigenvalue weighted by molar-refractivity contribution is -0.0294. The molecule has 3 rings (SSSR count). The summed E-state index contributed by atoms with van der Waals surface area (Å²) in [5.41, 5.74) is 2.42. The highest BCUT2D eigenvalue weighted by Gasteiger charge is 2.31. The Bertz CT molecular complexity index is 585. The summed E-state index contributed by atoms with van der Waals surface area (Å²) in [6.45, 7) is 1.50. The zero-order valence-electron chi connectivity index (χ0n) is 13.1. The van der Waals surface area contributed by atoms with Gasteiger partial charge in [-0.3, -0.25) is 4.90 Å². The molecule has 0 fully saturated rings. The molecule has 23 heavy (non-hydrogen) atoms. The molecule has 0 saturated carbocycles. The number of rotatable bonds is 5. The van der Waals surface area contributed by atoms with E-state index in [9.17, 15) is 10.2 Å². The fourth-order valence-corrected chi connectivity index (χ4v) is 3.13. The van der Waals surface area contributed by atoms with Crippen molar-refractivity contribution in [3.63, 3.8) is 0 Å². The molecule has 120 valence electrons. The van der Waals surface area contributed by atoms with Crippen molar-refractivity contribution < 1.29 is 10.2 Å². The second-order valence-corrected chi connectivity index (χ2v) is 6.09. The fraction of sp³-hybridized carbons (Fsp3) is 0.300. The maximum absolute atomic E-state index is 10.4. The minimum atomic E-state index is -0.789. The van der Waals surface area contributed by atoms with Crippen LogP contribution < -0.4 is 0 Å². The van der Waals surface area contributed by atoms with Gasteiger partial charge in [-0.1, -0.05) is 72.8 Å². The number of hydrogen-bond donors (Lipinski definition) is 2. The quantitative estimate of drug-likeness (QED) is 0.835. The van der Waals surface area contributed by atoms with Crippen molar-refractivity contribution in [3.05, 3.63) is 83.9 Å². The molecule has 0 bridgehead atoms. The summed E-state index contributed by atoms with van der Waals surface area (Å²) < 4.78 is 0. The minimum Gasteiger partial charge on any atom is -0.388 e. The topological polar surface area (TPSA) is 43.7 Å². The van der Waals surface area contributed by atoms with E-state index in [0.29, 0.717) is 0 Å². The first-order valence-corrected chi connectivity index (χ1v) is 8.09. The van der Waals surface area contributed by atoms with Crippen molar-refractivity contribution in [3.8, 4) is 0 Å². The van der Waals surface area contributed by atoms with E-state index in [1.807, 2.05) is 42.5 Å². The van der Waals surface area contributed by atoms with Crippen molar-refractivity contribution in [2.75, 3.05) is 0 Å². The Morgan fingerprint density at radius 1 is 0.826 bits per heavy atom. The lowest BCUT2D eigenvalue weighted by atomic mass is 9.93. The second-order valence-electron chi connectivity index (χ2n) is 6.09. The molecule has 0 aromatic heterocycles. The van der Waals surface area contributed by atoms with Crippen LogP contribution in [0.1, 0.15) is 17.5 Å². The zero-order chi connectivity index (χ0) is 16.1. The molecule has 3 heteroatoms. The highest BCUT2D eigenvalue weighted by molar-refractivity contribution is 5.18. The number of aliphatic hydroxyl groups excluding tert-OH is 2. The van der Waals surface area contributed by atoms with E-state index in [2.05, 4.69) is 29.2 Å². The molecule has 0 amide bonds. The summed E-state index contributed by atoms with van der Waals surface area (Å²) in [4.78, 5) is 2.25. The molecule has 0 aliphatic heterocycles. The maximum Gasteiger partial charge on any atom is 0.0995 e. The molecular formula is C20H23NO2. The van der Waals surface area contributed by atoms with Gasteiger partial charge in [0.1, 0.15) is 0 Å². The molecule has 0 heterocycles. The van der Waals surface area contributed by atoms with E-state index >= 15 is 0 Å². The summed E-state index contributed by atoms with van der Waals surface area (Å²) in [5.74, 6) is 0. The van der Waals surface area contributed by atoms with E-state index < -0.39 is 12.2 Å². The van der Waals surface area contributed by atoms with Crippen LogP contribution in [0.3, 0.4) is 0 Å². The summed E-state index contributed by atoms with van der Waals surface area (Å²) in [7, 11) is 0. The smallest absolute Gasteiger partial charge is 0.0995 e. The van der Waals surface area contributed by atoms with Crippen LogP contribution in [0.5, 0.6) is 0 Å². The number of nitrogens with zero attached hydrogens (tertiary/aromatic N) is 1. The third kappa shape index (κ3) is 4.08. The lowest BCUT2D eigenvalue weighted by Crippen LogP contribution is -2.49. The molecule has 1 aliphatic carbocycles. The summed E-state index contributed by atoms with van der Waals surface area (Å²) in [6.07, 6.45) is 2.85. The molecule has 0 unspecified atom stereocenters. The van der Waals surface area contributed by atoms with Crippen LogP contribution in [0, 0.1) is 0 Å². The summed E-state index contributed by atoms with van der Waals surface area (Å²) in [6, 6.07) is 20.4.